The second-order valence-corrected chi connectivity index (χ2v) is 2.78. The van der Waals surface area contributed by atoms with Crippen LogP contribution in [0, 0.1) is 0 Å². The fourth-order valence-electron chi connectivity index (χ4n) is 0.932. The quantitative estimate of drug-likeness (QED) is 0.736. The molecule has 13 heavy (non-hydrogen) atoms. The Bertz CT molecular complexity index is 272. The average Bonchev–Trinajstić information content (AvgIpc) is 2.18. The minimum atomic E-state index is -0.916. The van der Waals surface area contributed by atoms with Gasteiger partial charge in [-0.3, -0.25) is 4.79 Å². The standard InChI is InChI=1S/C10H13NO2/c1-2-9(12)10(13)11-8-6-4-3-5-7-8/h3-7,9,12H,2H2,1H3,(H,11,13)/t9-/m1/s1. The molecule has 3 heteroatoms. The van der Waals surface area contributed by atoms with Crippen LogP contribution in [0.3, 0.4) is 0 Å². The van der Waals surface area contributed by atoms with E-state index in [-0.39, 0.29) is 5.91 Å². The number of carbonyl (C=O) groups excluding carboxylic acids is 1. The van der Waals surface area contributed by atoms with Crippen LogP contribution in [0.1, 0.15) is 13.3 Å². The number of para-hydroxylation sites is 1. The van der Waals surface area contributed by atoms with E-state index in [9.17, 15) is 9.90 Å². The van der Waals surface area contributed by atoms with Crippen LogP contribution in [-0.2, 0) is 4.79 Å². The molecule has 2 N–H and O–H groups in total. The summed E-state index contributed by atoms with van der Waals surface area (Å²) >= 11 is 0. The van der Waals surface area contributed by atoms with Crippen LogP contribution in [0.5, 0.6) is 0 Å². The topological polar surface area (TPSA) is 49.3 Å². The van der Waals surface area contributed by atoms with Gasteiger partial charge in [-0.25, -0.2) is 0 Å². The van der Waals surface area contributed by atoms with Crippen molar-refractivity contribution >= 4 is 11.6 Å². The van der Waals surface area contributed by atoms with Gasteiger partial charge in [0, 0.05) is 5.69 Å². The SMILES string of the molecule is CC[C@@H](O)C(=O)Nc1ccccc1. The van der Waals surface area contributed by atoms with Crippen molar-refractivity contribution in [1.29, 1.82) is 0 Å². The fraction of sp³-hybridized carbons (Fsp3) is 0.300. The summed E-state index contributed by atoms with van der Waals surface area (Å²) in [6.45, 7) is 1.76. The zero-order valence-electron chi connectivity index (χ0n) is 7.53. The maximum Gasteiger partial charge on any atom is 0.253 e. The number of hydrogen-bond acceptors (Lipinski definition) is 2. The Kier molecular flexibility index (Phi) is 3.46. The van der Waals surface area contributed by atoms with Crippen molar-refractivity contribution in [2.75, 3.05) is 5.32 Å². The van der Waals surface area contributed by atoms with Gasteiger partial charge in [-0.2, -0.15) is 0 Å². The number of amides is 1. The van der Waals surface area contributed by atoms with Crippen LogP contribution in [0.2, 0.25) is 0 Å². The van der Waals surface area contributed by atoms with Crippen molar-refractivity contribution in [3.05, 3.63) is 30.3 Å². The third kappa shape index (κ3) is 2.87. The number of nitrogens with one attached hydrogen (secondary N) is 1. The van der Waals surface area contributed by atoms with E-state index >= 15 is 0 Å². The summed E-state index contributed by atoms with van der Waals surface area (Å²) in [7, 11) is 0. The minimum absolute atomic E-state index is 0.353. The van der Waals surface area contributed by atoms with Crippen LogP contribution in [0.15, 0.2) is 30.3 Å². The predicted octanol–water partition coefficient (Wildman–Crippen LogP) is 1.40. The summed E-state index contributed by atoms with van der Waals surface area (Å²) in [4.78, 5) is 11.2. The molecule has 0 saturated carbocycles. The van der Waals surface area contributed by atoms with Crippen molar-refractivity contribution in [3.63, 3.8) is 0 Å². The largest absolute Gasteiger partial charge is 0.383 e. The highest BCUT2D eigenvalue weighted by Gasteiger charge is 2.11. The third-order valence-corrected chi connectivity index (χ3v) is 1.73. The Morgan fingerprint density at radius 1 is 1.46 bits per heavy atom. The lowest BCUT2D eigenvalue weighted by atomic mass is 10.2. The summed E-state index contributed by atoms with van der Waals surface area (Å²) in [6.07, 6.45) is -0.487. The molecule has 0 aromatic heterocycles. The van der Waals surface area contributed by atoms with Crippen molar-refractivity contribution in [3.8, 4) is 0 Å². The first-order valence-corrected chi connectivity index (χ1v) is 4.28. The van der Waals surface area contributed by atoms with Gasteiger partial charge < -0.3 is 10.4 Å². The molecule has 0 bridgehead atoms. The van der Waals surface area contributed by atoms with E-state index in [4.69, 9.17) is 0 Å². The molecule has 70 valence electrons. The molecule has 0 fully saturated rings. The Labute approximate surface area is 77.4 Å². The van der Waals surface area contributed by atoms with E-state index < -0.39 is 6.10 Å². The minimum Gasteiger partial charge on any atom is -0.383 e. The summed E-state index contributed by atoms with van der Waals surface area (Å²) in [5, 5.41) is 11.8. The molecule has 0 aliphatic heterocycles. The molecule has 0 unspecified atom stereocenters. The fourth-order valence-corrected chi connectivity index (χ4v) is 0.932. The van der Waals surface area contributed by atoms with Crippen LogP contribution in [0.4, 0.5) is 5.69 Å². The number of aliphatic hydroxyl groups is 1. The van der Waals surface area contributed by atoms with Crippen molar-refractivity contribution in [2.45, 2.75) is 19.4 Å². The number of rotatable bonds is 3. The summed E-state index contributed by atoms with van der Waals surface area (Å²) in [5.41, 5.74) is 0.708. The van der Waals surface area contributed by atoms with Gasteiger partial charge in [-0.15, -0.1) is 0 Å². The van der Waals surface area contributed by atoms with Crippen LogP contribution in [0.25, 0.3) is 0 Å². The molecular weight excluding hydrogens is 166 g/mol. The normalized spacial score (nSPS) is 12.2. The molecule has 1 rings (SSSR count). The number of anilines is 1. The number of benzene rings is 1. The molecule has 0 heterocycles. The highest BCUT2D eigenvalue weighted by atomic mass is 16.3. The first-order valence-electron chi connectivity index (χ1n) is 4.28. The van der Waals surface area contributed by atoms with E-state index in [2.05, 4.69) is 5.32 Å². The predicted molar refractivity (Wildman–Crippen MR) is 51.4 cm³/mol. The molecule has 0 radical (unpaired) electrons. The number of carbonyl (C=O) groups is 1. The van der Waals surface area contributed by atoms with Gasteiger partial charge in [-0.1, -0.05) is 25.1 Å². The Balaban J connectivity index is 2.55. The molecular formula is C10H13NO2. The second kappa shape index (κ2) is 4.62. The first-order chi connectivity index (χ1) is 6.24. The molecule has 0 aliphatic rings. The maximum atomic E-state index is 11.2. The lowest BCUT2D eigenvalue weighted by Gasteiger charge is -2.08. The highest BCUT2D eigenvalue weighted by molar-refractivity contribution is 5.93. The average molecular weight is 179 g/mol. The smallest absolute Gasteiger partial charge is 0.253 e. The molecule has 0 spiro atoms. The van der Waals surface area contributed by atoms with Crippen LogP contribution >= 0.6 is 0 Å². The van der Waals surface area contributed by atoms with E-state index in [0.717, 1.165) is 0 Å². The highest BCUT2D eigenvalue weighted by Crippen LogP contribution is 2.05. The summed E-state index contributed by atoms with van der Waals surface area (Å²) in [5.74, 6) is -0.353. The Morgan fingerprint density at radius 2 is 2.08 bits per heavy atom. The van der Waals surface area contributed by atoms with Crippen LogP contribution in [-0.4, -0.2) is 17.1 Å². The van der Waals surface area contributed by atoms with Gasteiger partial charge in [0.05, 0.1) is 0 Å². The zero-order valence-corrected chi connectivity index (χ0v) is 7.53. The molecule has 0 saturated heterocycles. The molecule has 0 aliphatic carbocycles. The molecule has 1 atom stereocenters. The van der Waals surface area contributed by atoms with E-state index in [0.29, 0.717) is 12.1 Å². The second-order valence-electron chi connectivity index (χ2n) is 2.78. The van der Waals surface area contributed by atoms with Gasteiger partial charge >= 0.3 is 0 Å². The monoisotopic (exact) mass is 179 g/mol. The molecule has 1 amide bonds. The zero-order chi connectivity index (χ0) is 9.68. The first kappa shape index (κ1) is 9.74. The van der Waals surface area contributed by atoms with Gasteiger partial charge in [0.1, 0.15) is 6.10 Å². The van der Waals surface area contributed by atoms with Crippen molar-refractivity contribution < 1.29 is 9.90 Å². The Hall–Kier alpha value is -1.35. The maximum absolute atomic E-state index is 11.2. The lowest BCUT2D eigenvalue weighted by Crippen LogP contribution is -2.26. The summed E-state index contributed by atoms with van der Waals surface area (Å²) in [6, 6.07) is 9.08. The van der Waals surface area contributed by atoms with Gasteiger partial charge in [0.15, 0.2) is 0 Å². The van der Waals surface area contributed by atoms with E-state index in [1.54, 1.807) is 19.1 Å². The van der Waals surface area contributed by atoms with Gasteiger partial charge in [-0.05, 0) is 18.6 Å². The van der Waals surface area contributed by atoms with E-state index in [1.807, 2.05) is 18.2 Å². The molecule has 1 aromatic rings. The van der Waals surface area contributed by atoms with Crippen molar-refractivity contribution in [2.24, 2.45) is 0 Å². The van der Waals surface area contributed by atoms with Gasteiger partial charge in [0.2, 0.25) is 0 Å². The molecule has 3 nitrogen and oxygen atoms in total. The van der Waals surface area contributed by atoms with Gasteiger partial charge in [0.25, 0.3) is 5.91 Å². The third-order valence-electron chi connectivity index (χ3n) is 1.73. The van der Waals surface area contributed by atoms with E-state index in [1.165, 1.54) is 0 Å². The summed E-state index contributed by atoms with van der Waals surface area (Å²) < 4.78 is 0. The Morgan fingerprint density at radius 3 is 2.62 bits per heavy atom. The molecule has 1 aromatic carbocycles. The van der Waals surface area contributed by atoms with Crippen LogP contribution < -0.4 is 5.32 Å². The van der Waals surface area contributed by atoms with Crippen molar-refractivity contribution in [1.82, 2.24) is 0 Å². The number of hydrogen-bond donors (Lipinski definition) is 2. The number of aliphatic hydroxyl groups excluding tert-OH is 1. The lowest BCUT2D eigenvalue weighted by molar-refractivity contribution is -0.124.